The summed E-state index contributed by atoms with van der Waals surface area (Å²) in [7, 11) is 0. The summed E-state index contributed by atoms with van der Waals surface area (Å²) >= 11 is 0. The molecular weight excluding hydrogens is 298 g/mol. The fraction of sp³-hybridized carbons (Fsp3) is 0.619. The van der Waals surface area contributed by atoms with Crippen LogP contribution in [0, 0.1) is 35.5 Å². The number of hydrogen-bond acceptors (Lipinski definition) is 2. The van der Waals surface area contributed by atoms with Gasteiger partial charge in [0.15, 0.2) is 0 Å². The highest BCUT2D eigenvalue weighted by Crippen LogP contribution is 2.68. The first kappa shape index (κ1) is 13.6. The third-order valence-electron chi connectivity index (χ3n) is 7.83. The summed E-state index contributed by atoms with van der Waals surface area (Å²) in [5.74, 6) is 2.93. The minimum absolute atomic E-state index is 0.00345. The molecule has 3 nitrogen and oxygen atoms in total. The molecule has 6 aliphatic rings. The van der Waals surface area contributed by atoms with E-state index in [1.165, 1.54) is 30.4 Å². The number of carbonyl (C=O) groups excluding carboxylic acids is 2. The highest BCUT2D eigenvalue weighted by Gasteiger charge is 2.69. The van der Waals surface area contributed by atoms with E-state index in [-0.39, 0.29) is 29.7 Å². The van der Waals surface area contributed by atoms with Crippen LogP contribution in [0.25, 0.3) is 0 Å². The first-order valence-corrected chi connectivity index (χ1v) is 9.70. The highest BCUT2D eigenvalue weighted by molar-refractivity contribution is 6.06. The Morgan fingerprint density at radius 3 is 2.21 bits per heavy atom. The van der Waals surface area contributed by atoms with Crippen molar-refractivity contribution in [1.82, 2.24) is 4.90 Å². The van der Waals surface area contributed by atoms with Gasteiger partial charge in [0.05, 0.1) is 17.9 Å². The SMILES string of the molecule is O=C1[C@@H]2[C@@H]3CC[C@@H]([C@H]4C[C@H]43)[C@@H]2C(=O)N1C1CCCc2ccccc21. The number of rotatable bonds is 1. The van der Waals surface area contributed by atoms with Crippen LogP contribution < -0.4 is 0 Å². The van der Waals surface area contributed by atoms with Crippen LogP contribution in [-0.4, -0.2) is 16.7 Å². The molecule has 2 bridgehead atoms. The normalized spacial score (nSPS) is 45.0. The van der Waals surface area contributed by atoms with Gasteiger partial charge in [-0.25, -0.2) is 0 Å². The van der Waals surface area contributed by atoms with Gasteiger partial charge in [-0.1, -0.05) is 24.3 Å². The number of likely N-dealkylation sites (tertiary alicyclic amines) is 1. The molecule has 7 rings (SSSR count). The molecule has 0 N–H and O–H groups in total. The Balaban J connectivity index is 1.42. The van der Waals surface area contributed by atoms with E-state index in [4.69, 9.17) is 0 Å². The van der Waals surface area contributed by atoms with Crippen molar-refractivity contribution >= 4 is 11.8 Å². The molecule has 2 amide bonds. The van der Waals surface area contributed by atoms with E-state index in [0.29, 0.717) is 11.8 Å². The van der Waals surface area contributed by atoms with Gasteiger partial charge in [-0.3, -0.25) is 14.5 Å². The Morgan fingerprint density at radius 1 is 0.833 bits per heavy atom. The molecular formula is C21H23NO2. The minimum atomic E-state index is -0.00345. The molecule has 1 saturated heterocycles. The molecule has 1 aromatic rings. The molecule has 7 atom stereocenters. The van der Waals surface area contributed by atoms with Gasteiger partial charge >= 0.3 is 0 Å². The van der Waals surface area contributed by atoms with Crippen LogP contribution in [0.1, 0.15) is 49.3 Å². The molecule has 124 valence electrons. The number of fused-ring (bicyclic) bond motifs is 2. The Morgan fingerprint density at radius 2 is 1.50 bits per heavy atom. The molecule has 5 fully saturated rings. The number of nitrogens with zero attached hydrogens (tertiary/aromatic N) is 1. The van der Waals surface area contributed by atoms with Crippen LogP contribution in [0.5, 0.6) is 0 Å². The summed E-state index contributed by atoms with van der Waals surface area (Å²) in [6, 6.07) is 8.42. The number of carbonyl (C=O) groups is 2. The zero-order valence-electron chi connectivity index (χ0n) is 13.9. The molecule has 3 heteroatoms. The van der Waals surface area contributed by atoms with Gasteiger partial charge < -0.3 is 0 Å². The summed E-state index contributed by atoms with van der Waals surface area (Å²) in [5, 5.41) is 0. The molecule has 0 radical (unpaired) electrons. The summed E-state index contributed by atoms with van der Waals surface area (Å²) in [4.78, 5) is 28.4. The second-order valence-corrected chi connectivity index (χ2v) is 8.67. The van der Waals surface area contributed by atoms with Crippen LogP contribution in [0.3, 0.4) is 0 Å². The molecule has 1 aromatic carbocycles. The number of aryl methyl sites for hydroxylation is 1. The van der Waals surface area contributed by atoms with E-state index in [9.17, 15) is 9.59 Å². The average Bonchev–Trinajstić information content (AvgIpc) is 3.39. The average molecular weight is 321 g/mol. The lowest BCUT2D eigenvalue weighted by molar-refractivity contribution is -0.143. The Kier molecular flexibility index (Phi) is 2.56. The zero-order valence-corrected chi connectivity index (χ0v) is 13.9. The van der Waals surface area contributed by atoms with Gasteiger partial charge in [0.2, 0.25) is 11.8 Å². The minimum Gasteiger partial charge on any atom is -0.274 e. The van der Waals surface area contributed by atoms with E-state index in [1.807, 2.05) is 6.07 Å². The van der Waals surface area contributed by atoms with E-state index in [2.05, 4.69) is 18.2 Å². The fourth-order valence-electron chi connectivity index (χ4n) is 6.86. The van der Waals surface area contributed by atoms with E-state index in [0.717, 1.165) is 31.1 Å². The topological polar surface area (TPSA) is 37.4 Å². The number of hydrogen-bond donors (Lipinski definition) is 0. The Hall–Kier alpha value is -1.64. The molecule has 24 heavy (non-hydrogen) atoms. The molecule has 1 aliphatic heterocycles. The van der Waals surface area contributed by atoms with E-state index in [1.54, 1.807) is 4.90 Å². The second-order valence-electron chi connectivity index (χ2n) is 8.67. The smallest absolute Gasteiger partial charge is 0.233 e. The lowest BCUT2D eigenvalue weighted by atomic mass is 9.59. The van der Waals surface area contributed by atoms with E-state index >= 15 is 0 Å². The van der Waals surface area contributed by atoms with Crippen molar-refractivity contribution < 1.29 is 9.59 Å². The predicted octanol–water partition coefficient (Wildman–Crippen LogP) is 3.34. The first-order valence-electron chi connectivity index (χ1n) is 9.70. The number of imide groups is 1. The summed E-state index contributed by atoms with van der Waals surface area (Å²) < 4.78 is 0. The molecule has 1 unspecified atom stereocenters. The van der Waals surface area contributed by atoms with Crippen molar-refractivity contribution in [3.63, 3.8) is 0 Å². The van der Waals surface area contributed by atoms with Gasteiger partial charge in [-0.2, -0.15) is 0 Å². The van der Waals surface area contributed by atoms with Crippen molar-refractivity contribution in [3.05, 3.63) is 35.4 Å². The van der Waals surface area contributed by atoms with E-state index < -0.39 is 0 Å². The van der Waals surface area contributed by atoms with Crippen LogP contribution in [0.2, 0.25) is 0 Å². The van der Waals surface area contributed by atoms with Gasteiger partial charge in [0.25, 0.3) is 0 Å². The van der Waals surface area contributed by atoms with Gasteiger partial charge in [0.1, 0.15) is 0 Å². The monoisotopic (exact) mass is 321 g/mol. The number of amides is 2. The van der Waals surface area contributed by atoms with Crippen molar-refractivity contribution in [2.75, 3.05) is 0 Å². The standard InChI is InChI=1S/C21H23NO2/c23-20-18-13-8-9-14(16-10-15(13)16)19(18)21(24)22(20)17-7-3-5-11-4-1-2-6-12(11)17/h1-2,4,6,13-19H,3,5,7-10H2/t13-,14+,15+,16-,17?,18-,19+. The van der Waals surface area contributed by atoms with Crippen molar-refractivity contribution in [3.8, 4) is 0 Å². The van der Waals surface area contributed by atoms with Gasteiger partial charge in [0, 0.05) is 0 Å². The molecule has 0 aromatic heterocycles. The fourth-order valence-corrected chi connectivity index (χ4v) is 6.86. The second kappa shape index (κ2) is 4.50. The quantitative estimate of drug-likeness (QED) is 0.744. The third kappa shape index (κ3) is 1.54. The lowest BCUT2D eigenvalue weighted by Crippen LogP contribution is -2.43. The third-order valence-corrected chi connectivity index (χ3v) is 7.83. The van der Waals surface area contributed by atoms with Crippen molar-refractivity contribution in [1.29, 1.82) is 0 Å². The first-order chi connectivity index (χ1) is 11.8. The van der Waals surface area contributed by atoms with Crippen LogP contribution in [0.4, 0.5) is 0 Å². The molecule has 5 aliphatic carbocycles. The lowest BCUT2D eigenvalue weighted by Gasteiger charge is -2.42. The van der Waals surface area contributed by atoms with Crippen LogP contribution in [-0.2, 0) is 16.0 Å². The predicted molar refractivity (Wildman–Crippen MR) is 88.8 cm³/mol. The Labute approximate surface area is 142 Å². The van der Waals surface area contributed by atoms with Gasteiger partial charge in [-0.05, 0) is 73.3 Å². The zero-order chi connectivity index (χ0) is 16.0. The van der Waals surface area contributed by atoms with Crippen LogP contribution >= 0.6 is 0 Å². The maximum absolute atomic E-state index is 13.3. The summed E-state index contributed by atoms with van der Waals surface area (Å²) in [6.45, 7) is 0. The summed E-state index contributed by atoms with van der Waals surface area (Å²) in [6.07, 6.45) is 6.74. The molecule has 0 spiro atoms. The van der Waals surface area contributed by atoms with Gasteiger partial charge in [-0.15, -0.1) is 0 Å². The molecule has 4 saturated carbocycles. The van der Waals surface area contributed by atoms with Crippen molar-refractivity contribution in [2.45, 2.75) is 44.6 Å². The Bertz CT molecular complexity index is 722. The largest absolute Gasteiger partial charge is 0.274 e. The summed E-state index contributed by atoms with van der Waals surface area (Å²) in [5.41, 5.74) is 2.55. The maximum atomic E-state index is 13.3. The number of benzene rings is 1. The maximum Gasteiger partial charge on any atom is 0.233 e. The van der Waals surface area contributed by atoms with Crippen molar-refractivity contribution in [2.24, 2.45) is 35.5 Å². The highest BCUT2D eigenvalue weighted by atomic mass is 16.2. The molecule has 1 heterocycles. The van der Waals surface area contributed by atoms with Crippen LogP contribution in [0.15, 0.2) is 24.3 Å².